The van der Waals surface area contributed by atoms with Gasteiger partial charge in [0.2, 0.25) is 0 Å². The molecule has 8 heteroatoms. The highest BCUT2D eigenvalue weighted by molar-refractivity contribution is 14.0. The van der Waals surface area contributed by atoms with Gasteiger partial charge in [-0.2, -0.15) is 0 Å². The van der Waals surface area contributed by atoms with Gasteiger partial charge in [-0.25, -0.2) is 0 Å². The molecule has 0 aromatic heterocycles. The Labute approximate surface area is 197 Å². The lowest BCUT2D eigenvalue weighted by Gasteiger charge is -2.35. The maximum absolute atomic E-state index is 10.6. The van der Waals surface area contributed by atoms with Gasteiger partial charge in [-0.1, -0.05) is 25.0 Å². The zero-order valence-electron chi connectivity index (χ0n) is 18.2. The van der Waals surface area contributed by atoms with E-state index in [4.69, 9.17) is 9.47 Å². The molecule has 170 valence electrons. The molecule has 0 radical (unpaired) electrons. The standard InChI is InChI=1S/C22H36N4O3.HI/c1-3-23-21(25-17-22(27)10-4-5-11-22)24-16-20(26-12-14-29-15-13-26)18-6-8-19(28-2)9-7-18;/h6-9,20,27H,3-5,10-17H2,1-2H3,(H2,23,24,25);1H. The van der Waals surface area contributed by atoms with Crippen LogP contribution in [0.4, 0.5) is 0 Å². The smallest absolute Gasteiger partial charge is 0.191 e. The lowest BCUT2D eigenvalue weighted by molar-refractivity contribution is 0.0169. The summed E-state index contributed by atoms with van der Waals surface area (Å²) in [5.41, 5.74) is 0.604. The van der Waals surface area contributed by atoms with Gasteiger partial charge in [0.1, 0.15) is 5.75 Å². The molecule has 1 unspecified atom stereocenters. The van der Waals surface area contributed by atoms with E-state index in [2.05, 4.69) is 39.6 Å². The highest BCUT2D eigenvalue weighted by atomic mass is 127. The molecule has 1 atom stereocenters. The third-order valence-electron chi connectivity index (χ3n) is 5.86. The van der Waals surface area contributed by atoms with E-state index in [1.807, 2.05) is 12.1 Å². The summed E-state index contributed by atoms with van der Waals surface area (Å²) in [6.07, 6.45) is 3.87. The molecule has 2 aliphatic rings. The van der Waals surface area contributed by atoms with Crippen LogP contribution in [0.3, 0.4) is 0 Å². The molecule has 1 aliphatic heterocycles. The number of nitrogens with one attached hydrogen (secondary N) is 2. The van der Waals surface area contributed by atoms with E-state index < -0.39 is 5.60 Å². The molecule has 0 spiro atoms. The molecule has 1 aliphatic carbocycles. The van der Waals surface area contributed by atoms with Crippen LogP contribution in [0.1, 0.15) is 44.2 Å². The number of guanidine groups is 1. The number of rotatable bonds is 8. The number of aliphatic imine (C=N–C) groups is 1. The highest BCUT2D eigenvalue weighted by Gasteiger charge is 2.31. The van der Waals surface area contributed by atoms with Crippen molar-refractivity contribution < 1.29 is 14.6 Å². The molecule has 1 saturated heterocycles. The number of halogens is 1. The fraction of sp³-hybridized carbons (Fsp3) is 0.682. The Morgan fingerprint density at radius 1 is 1.20 bits per heavy atom. The number of morpholine rings is 1. The highest BCUT2D eigenvalue weighted by Crippen LogP contribution is 2.29. The Hall–Kier alpha value is -1.10. The summed E-state index contributed by atoms with van der Waals surface area (Å²) >= 11 is 0. The second-order valence-electron chi connectivity index (χ2n) is 7.94. The van der Waals surface area contributed by atoms with Gasteiger partial charge in [-0.05, 0) is 37.5 Å². The minimum absolute atomic E-state index is 0. The molecule has 0 amide bonds. The Bertz CT molecular complexity index is 644. The topological polar surface area (TPSA) is 78.4 Å². The SMILES string of the molecule is CCNC(=NCC1(O)CCCC1)NCC(c1ccc(OC)cc1)N1CCOCC1.I. The van der Waals surface area contributed by atoms with Crippen LogP contribution in [-0.4, -0.2) is 74.6 Å². The summed E-state index contributed by atoms with van der Waals surface area (Å²) in [6.45, 7) is 7.36. The minimum atomic E-state index is -0.637. The molecule has 3 N–H and O–H groups in total. The number of hydrogen-bond acceptors (Lipinski definition) is 5. The van der Waals surface area contributed by atoms with E-state index in [-0.39, 0.29) is 30.0 Å². The van der Waals surface area contributed by atoms with E-state index in [9.17, 15) is 5.11 Å². The fourth-order valence-electron chi connectivity index (χ4n) is 4.13. The van der Waals surface area contributed by atoms with Crippen LogP contribution < -0.4 is 15.4 Å². The van der Waals surface area contributed by atoms with Gasteiger partial charge >= 0.3 is 0 Å². The van der Waals surface area contributed by atoms with Crippen molar-refractivity contribution in [2.24, 2.45) is 4.99 Å². The first-order chi connectivity index (χ1) is 14.1. The predicted molar refractivity (Wildman–Crippen MR) is 131 cm³/mol. The largest absolute Gasteiger partial charge is 0.497 e. The Kier molecular flexibility index (Phi) is 10.6. The summed E-state index contributed by atoms with van der Waals surface area (Å²) in [5.74, 6) is 1.63. The molecule has 1 saturated carbocycles. The van der Waals surface area contributed by atoms with Crippen molar-refractivity contribution in [2.45, 2.75) is 44.2 Å². The number of aliphatic hydroxyl groups is 1. The van der Waals surface area contributed by atoms with E-state index >= 15 is 0 Å². The van der Waals surface area contributed by atoms with Crippen molar-refractivity contribution in [3.05, 3.63) is 29.8 Å². The van der Waals surface area contributed by atoms with Crippen LogP contribution in [0.15, 0.2) is 29.3 Å². The van der Waals surface area contributed by atoms with Gasteiger partial charge in [-0.15, -0.1) is 24.0 Å². The van der Waals surface area contributed by atoms with Gasteiger partial charge in [-0.3, -0.25) is 9.89 Å². The van der Waals surface area contributed by atoms with Crippen molar-refractivity contribution in [1.29, 1.82) is 0 Å². The summed E-state index contributed by atoms with van der Waals surface area (Å²) in [7, 11) is 1.69. The van der Waals surface area contributed by atoms with Gasteiger partial charge in [0.05, 0.1) is 38.5 Å². The number of hydrogen-bond donors (Lipinski definition) is 3. The molecule has 3 rings (SSSR count). The van der Waals surface area contributed by atoms with Crippen molar-refractivity contribution in [3.8, 4) is 5.75 Å². The predicted octanol–water partition coefficient (Wildman–Crippen LogP) is 2.55. The lowest BCUT2D eigenvalue weighted by Crippen LogP contribution is -2.46. The second-order valence-corrected chi connectivity index (χ2v) is 7.94. The zero-order valence-corrected chi connectivity index (χ0v) is 20.6. The summed E-state index contributed by atoms with van der Waals surface area (Å²) in [4.78, 5) is 7.14. The molecule has 1 heterocycles. The third kappa shape index (κ3) is 7.25. The number of nitrogens with zero attached hydrogens (tertiary/aromatic N) is 2. The first-order valence-electron chi connectivity index (χ1n) is 10.8. The number of methoxy groups -OCH3 is 1. The van der Waals surface area contributed by atoms with Gasteiger partial charge in [0, 0.05) is 26.2 Å². The van der Waals surface area contributed by atoms with Crippen molar-refractivity contribution in [3.63, 3.8) is 0 Å². The van der Waals surface area contributed by atoms with Gasteiger partial charge < -0.3 is 25.2 Å². The second kappa shape index (κ2) is 12.7. The number of ether oxygens (including phenoxy) is 2. The van der Waals surface area contributed by atoms with Gasteiger partial charge in [0.15, 0.2) is 5.96 Å². The number of benzene rings is 1. The third-order valence-corrected chi connectivity index (χ3v) is 5.86. The molecular formula is C22H37IN4O3. The maximum Gasteiger partial charge on any atom is 0.191 e. The zero-order chi connectivity index (χ0) is 20.5. The normalized spacial score (nSPS) is 20.3. The fourth-order valence-corrected chi connectivity index (χ4v) is 4.13. The van der Waals surface area contributed by atoms with Crippen molar-refractivity contribution in [1.82, 2.24) is 15.5 Å². The van der Waals surface area contributed by atoms with Crippen LogP contribution in [0.25, 0.3) is 0 Å². The van der Waals surface area contributed by atoms with Crippen LogP contribution in [0, 0.1) is 0 Å². The quantitative estimate of drug-likeness (QED) is 0.272. The van der Waals surface area contributed by atoms with E-state index in [0.717, 1.165) is 76.8 Å². The maximum atomic E-state index is 10.6. The van der Waals surface area contributed by atoms with Crippen LogP contribution in [0.5, 0.6) is 5.75 Å². The first kappa shape index (κ1) is 25.2. The van der Waals surface area contributed by atoms with Crippen LogP contribution >= 0.6 is 24.0 Å². The molecular weight excluding hydrogens is 495 g/mol. The van der Waals surface area contributed by atoms with Crippen LogP contribution in [-0.2, 0) is 4.74 Å². The molecule has 7 nitrogen and oxygen atoms in total. The summed E-state index contributed by atoms with van der Waals surface area (Å²) in [5, 5.41) is 17.4. The Morgan fingerprint density at radius 3 is 2.47 bits per heavy atom. The monoisotopic (exact) mass is 532 g/mol. The molecule has 1 aromatic carbocycles. The molecule has 30 heavy (non-hydrogen) atoms. The van der Waals surface area contributed by atoms with Gasteiger partial charge in [0.25, 0.3) is 0 Å². The first-order valence-corrected chi connectivity index (χ1v) is 10.8. The molecule has 2 fully saturated rings. The van der Waals surface area contributed by atoms with Crippen LogP contribution in [0.2, 0.25) is 0 Å². The minimum Gasteiger partial charge on any atom is -0.497 e. The van der Waals surface area contributed by atoms with Crippen molar-refractivity contribution >= 4 is 29.9 Å². The van der Waals surface area contributed by atoms with E-state index in [1.54, 1.807) is 7.11 Å². The summed E-state index contributed by atoms with van der Waals surface area (Å²) < 4.78 is 10.9. The van der Waals surface area contributed by atoms with E-state index in [0.29, 0.717) is 6.54 Å². The average Bonchev–Trinajstić information content (AvgIpc) is 3.20. The molecule has 0 bridgehead atoms. The van der Waals surface area contributed by atoms with E-state index in [1.165, 1.54) is 5.56 Å². The average molecular weight is 532 g/mol. The summed E-state index contributed by atoms with van der Waals surface area (Å²) in [6, 6.07) is 8.50. The lowest BCUT2D eigenvalue weighted by atomic mass is 10.0. The molecule has 1 aromatic rings. The van der Waals surface area contributed by atoms with Crippen molar-refractivity contribution in [2.75, 3.05) is 53.0 Å². The Balaban J connectivity index is 0.00000320. The Morgan fingerprint density at radius 2 is 1.87 bits per heavy atom.